The number of halogens is 1. The van der Waals surface area contributed by atoms with Crippen LogP contribution in [-0.2, 0) is 9.59 Å². The lowest BCUT2D eigenvalue weighted by atomic mass is 10.2. The van der Waals surface area contributed by atoms with Gasteiger partial charge in [0, 0.05) is 21.5 Å². The molecule has 2 N–H and O–H groups in total. The predicted molar refractivity (Wildman–Crippen MR) is 110 cm³/mol. The Kier molecular flexibility index (Phi) is 5.30. The van der Waals surface area contributed by atoms with Gasteiger partial charge in [-0.15, -0.1) is 0 Å². The van der Waals surface area contributed by atoms with Crippen LogP contribution in [0.4, 0.5) is 4.79 Å². The van der Waals surface area contributed by atoms with Crippen LogP contribution < -0.4 is 5.73 Å². The smallest absolute Gasteiger partial charge is 0.294 e. The highest BCUT2D eigenvalue weighted by atomic mass is 79.9. The number of benzene rings is 1. The van der Waals surface area contributed by atoms with Gasteiger partial charge in [0.2, 0.25) is 5.91 Å². The number of rotatable bonds is 4. The summed E-state index contributed by atoms with van der Waals surface area (Å²) in [5.74, 6) is -1.21. The van der Waals surface area contributed by atoms with E-state index in [2.05, 4.69) is 26.6 Å². The van der Waals surface area contributed by atoms with Crippen LogP contribution in [0.5, 0.6) is 0 Å². The number of imide groups is 1. The number of hydrogen-bond acceptors (Lipinski definition) is 4. The normalized spacial score (nSPS) is 15.9. The Hall–Kier alpha value is -2.32. The van der Waals surface area contributed by atoms with E-state index in [0.717, 1.165) is 49.3 Å². The molecule has 0 spiro atoms. The van der Waals surface area contributed by atoms with Gasteiger partial charge in [-0.05, 0) is 74.0 Å². The number of carbonyl (C=O) groups is 3. The molecule has 2 heterocycles. The fourth-order valence-corrected chi connectivity index (χ4v) is 4.11. The first-order valence-corrected chi connectivity index (χ1v) is 9.79. The molecule has 1 aliphatic rings. The van der Waals surface area contributed by atoms with Crippen LogP contribution in [0.1, 0.15) is 22.5 Å². The molecule has 140 valence electrons. The van der Waals surface area contributed by atoms with Gasteiger partial charge >= 0.3 is 0 Å². The van der Waals surface area contributed by atoms with Gasteiger partial charge in [-0.1, -0.05) is 15.9 Å². The lowest BCUT2D eigenvalue weighted by molar-refractivity contribution is -0.127. The fourth-order valence-electron chi connectivity index (χ4n) is 3.03. The Morgan fingerprint density at radius 3 is 2.56 bits per heavy atom. The monoisotopic (exact) mass is 447 g/mol. The van der Waals surface area contributed by atoms with Gasteiger partial charge < -0.3 is 10.3 Å². The Labute approximate surface area is 169 Å². The molecule has 0 radical (unpaired) electrons. The molecule has 0 saturated carbocycles. The van der Waals surface area contributed by atoms with Crippen molar-refractivity contribution in [2.75, 3.05) is 6.54 Å². The number of aryl methyl sites for hydroxylation is 2. The summed E-state index contributed by atoms with van der Waals surface area (Å²) >= 11 is 4.33. The molecule has 3 amide bonds. The van der Waals surface area contributed by atoms with Gasteiger partial charge in [-0.3, -0.25) is 19.3 Å². The topological polar surface area (TPSA) is 85.4 Å². The standard InChI is InChI=1S/C19H18BrN3O3S/c1-10-6-14(4-5-15(10)20)23-11(2)7-13(12(23)3)8-16-18(25)22(9-17(21)24)19(26)27-16/h4-8H,9H2,1-3H3,(H2,21,24)/b16-8-. The Bertz CT molecular complexity index is 1010. The van der Waals surface area contributed by atoms with E-state index in [9.17, 15) is 14.4 Å². The summed E-state index contributed by atoms with van der Waals surface area (Å²) in [6.07, 6.45) is 1.69. The van der Waals surface area contributed by atoms with Crippen LogP contribution >= 0.6 is 27.7 Å². The van der Waals surface area contributed by atoms with Gasteiger partial charge in [0.25, 0.3) is 11.1 Å². The molecule has 27 heavy (non-hydrogen) atoms. The van der Waals surface area contributed by atoms with E-state index in [1.54, 1.807) is 6.08 Å². The zero-order chi connectivity index (χ0) is 19.9. The van der Waals surface area contributed by atoms with Crippen LogP contribution in [0.3, 0.4) is 0 Å². The first kappa shape index (κ1) is 19.4. The minimum absolute atomic E-state index is 0.286. The third-order valence-electron chi connectivity index (χ3n) is 4.34. The van der Waals surface area contributed by atoms with Crippen molar-refractivity contribution in [3.63, 3.8) is 0 Å². The number of nitrogens with zero attached hydrogens (tertiary/aromatic N) is 2. The van der Waals surface area contributed by atoms with E-state index >= 15 is 0 Å². The van der Waals surface area contributed by atoms with Crippen molar-refractivity contribution in [2.24, 2.45) is 5.73 Å². The number of aromatic nitrogens is 1. The second kappa shape index (κ2) is 7.36. The number of carbonyl (C=O) groups excluding carboxylic acids is 3. The van der Waals surface area contributed by atoms with Gasteiger partial charge in [0.05, 0.1) is 4.91 Å². The zero-order valence-corrected chi connectivity index (χ0v) is 17.5. The second-order valence-electron chi connectivity index (χ2n) is 6.33. The summed E-state index contributed by atoms with van der Waals surface area (Å²) in [5.41, 5.74) is 10.1. The second-order valence-corrected chi connectivity index (χ2v) is 8.18. The van der Waals surface area contributed by atoms with Gasteiger partial charge in [-0.2, -0.15) is 0 Å². The third kappa shape index (κ3) is 3.72. The number of primary amides is 1. The van der Waals surface area contributed by atoms with Crippen molar-refractivity contribution in [1.29, 1.82) is 0 Å². The lowest BCUT2D eigenvalue weighted by Crippen LogP contribution is -2.36. The van der Waals surface area contributed by atoms with Crippen LogP contribution in [0.25, 0.3) is 11.8 Å². The molecule has 1 aromatic carbocycles. The summed E-state index contributed by atoms with van der Waals surface area (Å²) in [7, 11) is 0. The molecular weight excluding hydrogens is 430 g/mol. The quantitative estimate of drug-likeness (QED) is 0.724. The van der Waals surface area contributed by atoms with Crippen molar-refractivity contribution in [3.05, 3.63) is 56.2 Å². The number of amides is 3. The van der Waals surface area contributed by atoms with E-state index in [1.165, 1.54) is 0 Å². The van der Waals surface area contributed by atoms with E-state index in [1.807, 2.05) is 39.0 Å². The summed E-state index contributed by atoms with van der Waals surface area (Å²) in [6.45, 7) is 5.57. The van der Waals surface area contributed by atoms with E-state index < -0.39 is 23.6 Å². The SMILES string of the molecule is Cc1cc(-n2c(C)cc(/C=C3\SC(=O)N(CC(N)=O)C3=O)c2C)ccc1Br. The number of hydrogen-bond donors (Lipinski definition) is 1. The van der Waals surface area contributed by atoms with Crippen LogP contribution in [-0.4, -0.2) is 33.1 Å². The zero-order valence-electron chi connectivity index (χ0n) is 15.1. The van der Waals surface area contributed by atoms with Crippen molar-refractivity contribution in [1.82, 2.24) is 9.47 Å². The van der Waals surface area contributed by atoms with Crippen LogP contribution in [0.15, 0.2) is 33.6 Å². The predicted octanol–water partition coefficient (Wildman–Crippen LogP) is 3.69. The maximum Gasteiger partial charge on any atom is 0.294 e. The Morgan fingerprint density at radius 1 is 1.22 bits per heavy atom. The highest BCUT2D eigenvalue weighted by Crippen LogP contribution is 2.33. The molecule has 1 fully saturated rings. The summed E-state index contributed by atoms with van der Waals surface area (Å²) < 4.78 is 3.14. The molecule has 0 atom stereocenters. The van der Waals surface area contributed by atoms with Crippen molar-refractivity contribution in [2.45, 2.75) is 20.8 Å². The Morgan fingerprint density at radius 2 is 1.93 bits per heavy atom. The van der Waals surface area contributed by atoms with Gasteiger partial charge in [0.15, 0.2) is 0 Å². The van der Waals surface area contributed by atoms with E-state index in [4.69, 9.17) is 5.73 Å². The first-order valence-electron chi connectivity index (χ1n) is 8.18. The average Bonchev–Trinajstić information content (AvgIpc) is 3.01. The Balaban J connectivity index is 1.99. The minimum atomic E-state index is -0.720. The molecule has 1 aliphatic heterocycles. The molecular formula is C19H18BrN3O3S. The largest absolute Gasteiger partial charge is 0.368 e. The van der Waals surface area contributed by atoms with Gasteiger partial charge in [-0.25, -0.2) is 0 Å². The molecule has 1 saturated heterocycles. The van der Waals surface area contributed by atoms with Crippen LogP contribution in [0, 0.1) is 20.8 Å². The highest BCUT2D eigenvalue weighted by molar-refractivity contribution is 9.10. The van der Waals surface area contributed by atoms with Crippen molar-refractivity contribution in [3.8, 4) is 5.69 Å². The summed E-state index contributed by atoms with van der Waals surface area (Å²) in [5, 5.41) is -0.484. The van der Waals surface area contributed by atoms with Crippen LogP contribution in [0.2, 0.25) is 0 Å². The fraction of sp³-hybridized carbons (Fsp3) is 0.211. The molecule has 8 heteroatoms. The summed E-state index contributed by atoms with van der Waals surface area (Å²) in [4.78, 5) is 36.6. The van der Waals surface area contributed by atoms with E-state index in [-0.39, 0.29) is 4.91 Å². The maximum absolute atomic E-state index is 12.4. The molecule has 0 aliphatic carbocycles. The maximum atomic E-state index is 12.4. The van der Waals surface area contributed by atoms with Crippen molar-refractivity contribution < 1.29 is 14.4 Å². The molecule has 6 nitrogen and oxygen atoms in total. The average molecular weight is 448 g/mol. The molecule has 0 unspecified atom stereocenters. The van der Waals surface area contributed by atoms with Crippen molar-refractivity contribution >= 4 is 50.8 Å². The number of nitrogens with two attached hydrogens (primary N) is 1. The third-order valence-corrected chi connectivity index (χ3v) is 6.14. The first-order chi connectivity index (χ1) is 12.7. The van der Waals surface area contributed by atoms with Gasteiger partial charge in [0.1, 0.15) is 6.54 Å². The number of thioether (sulfide) groups is 1. The molecule has 1 aromatic heterocycles. The molecule has 2 aromatic rings. The molecule has 0 bridgehead atoms. The van der Waals surface area contributed by atoms with E-state index in [0.29, 0.717) is 0 Å². The molecule has 3 rings (SSSR count). The highest BCUT2D eigenvalue weighted by Gasteiger charge is 2.36. The lowest BCUT2D eigenvalue weighted by Gasteiger charge is -2.11. The summed E-state index contributed by atoms with van der Waals surface area (Å²) in [6, 6.07) is 8.06. The minimum Gasteiger partial charge on any atom is -0.368 e.